The van der Waals surface area contributed by atoms with E-state index in [1.54, 1.807) is 6.07 Å². The van der Waals surface area contributed by atoms with Gasteiger partial charge in [0.1, 0.15) is 23.4 Å². The molecule has 1 fully saturated rings. The zero-order valence-corrected chi connectivity index (χ0v) is 14.5. The first-order valence-corrected chi connectivity index (χ1v) is 8.45. The lowest BCUT2D eigenvalue weighted by molar-refractivity contribution is 0.368. The van der Waals surface area contributed by atoms with Crippen LogP contribution in [-0.2, 0) is 0 Å². The summed E-state index contributed by atoms with van der Waals surface area (Å²) in [7, 11) is 0. The van der Waals surface area contributed by atoms with Crippen LogP contribution in [0.25, 0.3) is 10.8 Å². The van der Waals surface area contributed by atoms with Gasteiger partial charge in [0, 0.05) is 35.1 Å². The quantitative estimate of drug-likeness (QED) is 0.802. The van der Waals surface area contributed by atoms with Gasteiger partial charge < -0.3 is 16.0 Å². The van der Waals surface area contributed by atoms with Crippen molar-refractivity contribution in [2.75, 3.05) is 23.7 Å². The Morgan fingerprint density at radius 2 is 2.21 bits per heavy atom. The topological polar surface area (TPSA) is 85.7 Å². The Kier molecular flexibility index (Phi) is 4.54. The first-order valence-electron chi connectivity index (χ1n) is 8.45. The van der Waals surface area contributed by atoms with Crippen molar-refractivity contribution in [3.8, 4) is 6.07 Å². The lowest BCUT2D eigenvalue weighted by Gasteiger charge is -2.35. The Morgan fingerprint density at radius 1 is 1.38 bits per heavy atom. The Balaban J connectivity index is 1.98. The van der Waals surface area contributed by atoms with Crippen molar-refractivity contribution >= 4 is 22.4 Å². The zero-order chi connectivity index (χ0) is 17.2. The predicted molar refractivity (Wildman–Crippen MR) is 97.1 cm³/mol. The van der Waals surface area contributed by atoms with Crippen LogP contribution in [0.15, 0.2) is 18.3 Å². The van der Waals surface area contributed by atoms with Crippen LogP contribution in [-0.4, -0.2) is 34.6 Å². The monoisotopic (exact) mass is 324 g/mol. The van der Waals surface area contributed by atoms with E-state index in [-0.39, 0.29) is 11.6 Å². The zero-order valence-electron chi connectivity index (χ0n) is 14.5. The highest BCUT2D eigenvalue weighted by Crippen LogP contribution is 2.27. The van der Waals surface area contributed by atoms with Gasteiger partial charge in [0.15, 0.2) is 0 Å². The number of anilines is 2. The number of hydrogen-bond acceptors (Lipinski definition) is 6. The third-order valence-electron chi connectivity index (χ3n) is 4.28. The Labute approximate surface area is 142 Å². The van der Waals surface area contributed by atoms with Crippen LogP contribution >= 0.6 is 0 Å². The van der Waals surface area contributed by atoms with Gasteiger partial charge in [0.25, 0.3) is 0 Å². The Bertz CT molecular complexity index is 771. The van der Waals surface area contributed by atoms with Crippen LogP contribution in [0.1, 0.15) is 39.3 Å². The predicted octanol–water partition coefficient (Wildman–Crippen LogP) is 2.88. The maximum absolute atomic E-state index is 9.18. The standard InChI is InChI=1S/C18H24N6/c1-12(2)22-17-15-8-16(24-18(3)5-4-6-20-11-18)21-10-13(15)7-14(9-19)23-17/h7-8,10,12,20H,4-6,11H2,1-3H3,(H,21,24)(H,22,23). The number of rotatable bonds is 4. The summed E-state index contributed by atoms with van der Waals surface area (Å²) in [5, 5.41) is 21.4. The van der Waals surface area contributed by atoms with Gasteiger partial charge in [-0.05, 0) is 52.3 Å². The summed E-state index contributed by atoms with van der Waals surface area (Å²) in [6.45, 7) is 8.33. The van der Waals surface area contributed by atoms with Crippen LogP contribution < -0.4 is 16.0 Å². The molecule has 0 radical (unpaired) electrons. The van der Waals surface area contributed by atoms with Gasteiger partial charge in [-0.25, -0.2) is 9.97 Å². The molecule has 24 heavy (non-hydrogen) atoms. The van der Waals surface area contributed by atoms with E-state index in [2.05, 4.69) is 52.8 Å². The van der Waals surface area contributed by atoms with Gasteiger partial charge in [-0.15, -0.1) is 0 Å². The van der Waals surface area contributed by atoms with Crippen molar-refractivity contribution in [1.82, 2.24) is 15.3 Å². The molecule has 1 aliphatic rings. The van der Waals surface area contributed by atoms with Crippen LogP contribution in [0, 0.1) is 11.3 Å². The smallest absolute Gasteiger partial charge is 0.143 e. The Hall–Kier alpha value is -2.39. The number of piperidine rings is 1. The SMILES string of the molecule is CC(C)Nc1nc(C#N)cc2cnc(NC3(C)CCCNC3)cc12. The van der Waals surface area contributed by atoms with Crippen molar-refractivity contribution in [3.63, 3.8) is 0 Å². The first kappa shape index (κ1) is 16.5. The number of aromatic nitrogens is 2. The maximum atomic E-state index is 9.18. The van der Waals surface area contributed by atoms with Gasteiger partial charge in [-0.3, -0.25) is 0 Å². The molecule has 0 bridgehead atoms. The highest BCUT2D eigenvalue weighted by molar-refractivity contribution is 5.93. The molecular weight excluding hydrogens is 300 g/mol. The summed E-state index contributed by atoms with van der Waals surface area (Å²) in [6, 6.07) is 6.15. The van der Waals surface area contributed by atoms with E-state index in [1.807, 2.05) is 12.3 Å². The molecule has 3 heterocycles. The minimum Gasteiger partial charge on any atom is -0.367 e. The third kappa shape index (κ3) is 3.57. The maximum Gasteiger partial charge on any atom is 0.143 e. The lowest BCUT2D eigenvalue weighted by Crippen LogP contribution is -2.49. The van der Waals surface area contributed by atoms with Crippen molar-refractivity contribution in [2.45, 2.75) is 45.2 Å². The van der Waals surface area contributed by atoms with Crippen molar-refractivity contribution in [3.05, 3.63) is 24.0 Å². The van der Waals surface area contributed by atoms with Gasteiger partial charge in [0.2, 0.25) is 0 Å². The number of nitrogens with one attached hydrogen (secondary N) is 3. The highest BCUT2D eigenvalue weighted by atomic mass is 15.1. The van der Waals surface area contributed by atoms with Crippen molar-refractivity contribution in [1.29, 1.82) is 5.26 Å². The molecule has 0 saturated carbocycles. The minimum atomic E-state index is 0.00455. The normalized spacial score (nSPS) is 20.8. The Morgan fingerprint density at radius 3 is 2.88 bits per heavy atom. The molecule has 6 nitrogen and oxygen atoms in total. The van der Waals surface area contributed by atoms with Gasteiger partial charge >= 0.3 is 0 Å². The molecule has 2 aromatic heterocycles. The molecule has 3 rings (SSSR count). The molecule has 126 valence electrons. The largest absolute Gasteiger partial charge is 0.367 e. The summed E-state index contributed by atoms with van der Waals surface area (Å²) >= 11 is 0. The highest BCUT2D eigenvalue weighted by Gasteiger charge is 2.26. The van der Waals surface area contributed by atoms with Crippen LogP contribution in [0.5, 0.6) is 0 Å². The van der Waals surface area contributed by atoms with Gasteiger partial charge in [-0.2, -0.15) is 5.26 Å². The fourth-order valence-electron chi connectivity index (χ4n) is 3.13. The van der Waals surface area contributed by atoms with Crippen LogP contribution in [0.3, 0.4) is 0 Å². The number of nitriles is 1. The van der Waals surface area contributed by atoms with Gasteiger partial charge in [-0.1, -0.05) is 0 Å². The van der Waals surface area contributed by atoms with E-state index in [0.717, 1.165) is 48.3 Å². The molecule has 2 aromatic rings. The molecule has 0 aromatic carbocycles. The summed E-state index contributed by atoms with van der Waals surface area (Å²) in [6.07, 6.45) is 4.08. The molecule has 1 aliphatic heterocycles. The van der Waals surface area contributed by atoms with E-state index in [9.17, 15) is 5.26 Å². The lowest BCUT2D eigenvalue weighted by atomic mass is 9.92. The molecule has 0 amide bonds. The van der Waals surface area contributed by atoms with E-state index >= 15 is 0 Å². The number of pyridine rings is 2. The fourth-order valence-corrected chi connectivity index (χ4v) is 3.13. The number of nitrogens with zero attached hydrogens (tertiary/aromatic N) is 3. The second-order valence-electron chi connectivity index (χ2n) is 7.02. The fraction of sp³-hybridized carbons (Fsp3) is 0.500. The molecule has 6 heteroatoms. The first-order chi connectivity index (χ1) is 11.5. The van der Waals surface area contributed by atoms with Crippen LogP contribution in [0.4, 0.5) is 11.6 Å². The van der Waals surface area contributed by atoms with Gasteiger partial charge in [0.05, 0.1) is 0 Å². The molecular formula is C18H24N6. The van der Waals surface area contributed by atoms with E-state index in [4.69, 9.17) is 0 Å². The summed E-state index contributed by atoms with van der Waals surface area (Å²) < 4.78 is 0. The molecule has 1 unspecified atom stereocenters. The van der Waals surface area contributed by atoms with Crippen molar-refractivity contribution < 1.29 is 0 Å². The van der Waals surface area contributed by atoms with Crippen molar-refractivity contribution in [2.24, 2.45) is 0 Å². The molecule has 1 saturated heterocycles. The number of hydrogen-bond donors (Lipinski definition) is 3. The van der Waals surface area contributed by atoms with E-state index < -0.39 is 0 Å². The van der Waals surface area contributed by atoms with E-state index in [0.29, 0.717) is 5.69 Å². The van der Waals surface area contributed by atoms with Crippen LogP contribution in [0.2, 0.25) is 0 Å². The molecule has 3 N–H and O–H groups in total. The molecule has 0 spiro atoms. The van der Waals surface area contributed by atoms with E-state index in [1.165, 1.54) is 0 Å². The third-order valence-corrected chi connectivity index (χ3v) is 4.28. The second-order valence-corrected chi connectivity index (χ2v) is 7.02. The summed E-state index contributed by atoms with van der Waals surface area (Å²) in [5.41, 5.74) is 0.404. The average Bonchev–Trinajstić information content (AvgIpc) is 2.55. The average molecular weight is 324 g/mol. The molecule has 1 atom stereocenters. The second kappa shape index (κ2) is 6.62. The minimum absolute atomic E-state index is 0.00455. The summed E-state index contributed by atoms with van der Waals surface area (Å²) in [4.78, 5) is 8.96. The molecule has 0 aliphatic carbocycles. The number of fused-ring (bicyclic) bond motifs is 1. The summed E-state index contributed by atoms with van der Waals surface area (Å²) in [5.74, 6) is 1.57.